The molecule has 2 rings (SSSR count). The van der Waals surface area contributed by atoms with E-state index in [4.69, 9.17) is 0 Å². The lowest BCUT2D eigenvalue weighted by Crippen LogP contribution is -2.48. The monoisotopic (exact) mass is 344 g/mol. The maximum atomic E-state index is 12.2. The Hall–Kier alpha value is -0.880. The number of carbonyl (C=O) groups is 2. The van der Waals surface area contributed by atoms with Gasteiger partial charge in [0.05, 0.1) is 0 Å². The quantitative estimate of drug-likeness (QED) is 0.916. The highest BCUT2D eigenvalue weighted by Gasteiger charge is 2.24. The number of piperidine rings is 1. The topological polar surface area (TPSA) is 49.4 Å². The molecule has 0 aromatic carbocycles. The van der Waals surface area contributed by atoms with E-state index in [-0.39, 0.29) is 11.8 Å². The number of halogens is 1. The van der Waals surface area contributed by atoms with Gasteiger partial charge in [0.2, 0.25) is 5.91 Å². The van der Waals surface area contributed by atoms with Crippen LogP contribution in [0.5, 0.6) is 0 Å². The molecule has 0 bridgehead atoms. The number of carbonyl (C=O) groups excluding carboxylic acids is 2. The van der Waals surface area contributed by atoms with Crippen molar-refractivity contribution in [2.75, 3.05) is 13.1 Å². The first-order chi connectivity index (χ1) is 9.09. The van der Waals surface area contributed by atoms with Gasteiger partial charge in [0, 0.05) is 17.6 Å². The number of rotatable bonds is 3. The van der Waals surface area contributed by atoms with Crippen molar-refractivity contribution in [2.24, 2.45) is 0 Å². The molecular formula is C13H17BrN2O2S. The van der Waals surface area contributed by atoms with E-state index >= 15 is 0 Å². The fourth-order valence-corrected chi connectivity index (χ4v) is 3.62. The molecule has 1 aromatic heterocycles. The van der Waals surface area contributed by atoms with Crippen LogP contribution < -0.4 is 5.32 Å². The summed E-state index contributed by atoms with van der Waals surface area (Å²) in [4.78, 5) is 26.7. The predicted molar refractivity (Wildman–Crippen MR) is 79.4 cm³/mol. The number of thiophene rings is 1. The second kappa shape index (κ2) is 6.52. The van der Waals surface area contributed by atoms with E-state index in [2.05, 4.69) is 21.2 Å². The van der Waals surface area contributed by atoms with E-state index in [1.165, 1.54) is 17.8 Å². The lowest BCUT2D eigenvalue weighted by atomic mass is 10.1. The van der Waals surface area contributed by atoms with Crippen LogP contribution in [0.15, 0.2) is 15.9 Å². The number of nitrogens with one attached hydrogen (secondary N) is 1. The molecule has 19 heavy (non-hydrogen) atoms. The Morgan fingerprint density at radius 2 is 2.05 bits per heavy atom. The van der Waals surface area contributed by atoms with Crippen LogP contribution in [0.2, 0.25) is 0 Å². The molecule has 104 valence electrons. The molecule has 1 aliphatic heterocycles. The van der Waals surface area contributed by atoms with Crippen LogP contribution >= 0.6 is 27.3 Å². The third-order valence-electron chi connectivity index (χ3n) is 3.21. The lowest BCUT2D eigenvalue weighted by Gasteiger charge is -2.29. The van der Waals surface area contributed by atoms with Crippen molar-refractivity contribution in [1.82, 2.24) is 10.2 Å². The van der Waals surface area contributed by atoms with Gasteiger partial charge in [-0.05, 0) is 53.6 Å². The molecule has 1 aromatic rings. The summed E-state index contributed by atoms with van der Waals surface area (Å²) in [6, 6.07) is 1.36. The molecule has 1 aliphatic rings. The fourth-order valence-electron chi connectivity index (χ4n) is 2.17. The van der Waals surface area contributed by atoms with Crippen molar-refractivity contribution in [3.05, 3.63) is 20.8 Å². The lowest BCUT2D eigenvalue weighted by molar-refractivity contribution is -0.133. The molecule has 0 aliphatic carbocycles. The molecule has 0 spiro atoms. The highest BCUT2D eigenvalue weighted by Crippen LogP contribution is 2.22. The van der Waals surface area contributed by atoms with Crippen LogP contribution in [0.4, 0.5) is 0 Å². The fraction of sp³-hybridized carbons (Fsp3) is 0.538. The Morgan fingerprint density at radius 1 is 1.37 bits per heavy atom. The van der Waals surface area contributed by atoms with E-state index in [1.54, 1.807) is 6.92 Å². The SMILES string of the molecule is C[C@H](NC(=O)c1sccc1Br)C(=O)N1CCCCC1. The summed E-state index contributed by atoms with van der Waals surface area (Å²) < 4.78 is 0.771. The van der Waals surface area contributed by atoms with Gasteiger partial charge in [0.15, 0.2) is 0 Å². The third-order valence-corrected chi connectivity index (χ3v) is 5.05. The summed E-state index contributed by atoms with van der Waals surface area (Å²) in [5.41, 5.74) is 0. The zero-order valence-corrected chi connectivity index (χ0v) is 13.2. The average Bonchev–Trinajstić information content (AvgIpc) is 2.85. The van der Waals surface area contributed by atoms with Gasteiger partial charge in [0.1, 0.15) is 10.9 Å². The first-order valence-electron chi connectivity index (χ1n) is 6.42. The molecule has 2 heterocycles. The van der Waals surface area contributed by atoms with Crippen molar-refractivity contribution in [2.45, 2.75) is 32.2 Å². The zero-order valence-electron chi connectivity index (χ0n) is 10.8. The van der Waals surface area contributed by atoms with Crippen LogP contribution in [-0.4, -0.2) is 35.8 Å². The molecule has 4 nitrogen and oxygen atoms in total. The predicted octanol–water partition coefficient (Wildman–Crippen LogP) is 2.64. The van der Waals surface area contributed by atoms with Crippen molar-refractivity contribution in [1.29, 1.82) is 0 Å². The Labute approximate surface area is 125 Å². The van der Waals surface area contributed by atoms with Gasteiger partial charge in [0.25, 0.3) is 5.91 Å². The molecule has 6 heteroatoms. The Bertz CT molecular complexity index is 469. The first kappa shape index (κ1) is 14.5. The highest BCUT2D eigenvalue weighted by molar-refractivity contribution is 9.10. The van der Waals surface area contributed by atoms with Crippen LogP contribution in [0.3, 0.4) is 0 Å². The summed E-state index contributed by atoms with van der Waals surface area (Å²) in [6.07, 6.45) is 3.30. The molecule has 1 atom stereocenters. The third kappa shape index (κ3) is 3.57. The van der Waals surface area contributed by atoms with Gasteiger partial charge in [-0.25, -0.2) is 0 Å². The Morgan fingerprint density at radius 3 is 2.63 bits per heavy atom. The minimum atomic E-state index is -0.473. The summed E-state index contributed by atoms with van der Waals surface area (Å²) in [7, 11) is 0. The van der Waals surface area contributed by atoms with Gasteiger partial charge < -0.3 is 10.2 Å². The number of likely N-dealkylation sites (tertiary alicyclic amines) is 1. The summed E-state index contributed by atoms with van der Waals surface area (Å²) in [5, 5.41) is 4.61. The van der Waals surface area contributed by atoms with Crippen molar-refractivity contribution in [3.63, 3.8) is 0 Å². The van der Waals surface area contributed by atoms with E-state index in [9.17, 15) is 9.59 Å². The molecule has 1 N–H and O–H groups in total. The largest absolute Gasteiger partial charge is 0.341 e. The molecular weight excluding hydrogens is 328 g/mol. The second-order valence-electron chi connectivity index (χ2n) is 4.68. The summed E-state index contributed by atoms with van der Waals surface area (Å²) >= 11 is 4.69. The molecule has 1 saturated heterocycles. The van der Waals surface area contributed by atoms with Gasteiger partial charge in [-0.3, -0.25) is 9.59 Å². The maximum Gasteiger partial charge on any atom is 0.263 e. The van der Waals surface area contributed by atoms with E-state index in [0.717, 1.165) is 30.4 Å². The zero-order chi connectivity index (χ0) is 13.8. The Balaban J connectivity index is 1.93. The molecule has 1 fully saturated rings. The minimum Gasteiger partial charge on any atom is -0.341 e. The molecule has 0 radical (unpaired) electrons. The molecule has 2 amide bonds. The summed E-state index contributed by atoms with van der Waals surface area (Å²) in [5.74, 6) is -0.180. The van der Waals surface area contributed by atoms with Gasteiger partial charge in [-0.15, -0.1) is 11.3 Å². The van der Waals surface area contributed by atoms with E-state index < -0.39 is 6.04 Å². The van der Waals surface area contributed by atoms with Crippen molar-refractivity contribution < 1.29 is 9.59 Å². The summed E-state index contributed by atoms with van der Waals surface area (Å²) in [6.45, 7) is 3.36. The maximum absolute atomic E-state index is 12.2. The number of hydrogen-bond donors (Lipinski definition) is 1. The van der Waals surface area contributed by atoms with Gasteiger partial charge in [-0.1, -0.05) is 0 Å². The number of amides is 2. The smallest absolute Gasteiger partial charge is 0.263 e. The van der Waals surface area contributed by atoms with Gasteiger partial charge in [-0.2, -0.15) is 0 Å². The van der Waals surface area contributed by atoms with E-state index in [0.29, 0.717) is 4.88 Å². The normalized spacial score (nSPS) is 17.1. The van der Waals surface area contributed by atoms with Crippen LogP contribution in [0.1, 0.15) is 35.9 Å². The van der Waals surface area contributed by atoms with Crippen molar-refractivity contribution in [3.8, 4) is 0 Å². The van der Waals surface area contributed by atoms with Gasteiger partial charge >= 0.3 is 0 Å². The highest BCUT2D eigenvalue weighted by atomic mass is 79.9. The minimum absolute atomic E-state index is 0.0146. The molecule has 0 saturated carbocycles. The van der Waals surface area contributed by atoms with Crippen LogP contribution in [-0.2, 0) is 4.79 Å². The first-order valence-corrected chi connectivity index (χ1v) is 8.09. The second-order valence-corrected chi connectivity index (χ2v) is 6.45. The standard InChI is InChI=1S/C13H17BrN2O2S/c1-9(13(18)16-6-3-2-4-7-16)15-12(17)11-10(14)5-8-19-11/h5,8-9H,2-4,6-7H2,1H3,(H,15,17)/t9-/m0/s1. The van der Waals surface area contributed by atoms with Crippen LogP contribution in [0.25, 0.3) is 0 Å². The number of hydrogen-bond acceptors (Lipinski definition) is 3. The molecule has 0 unspecified atom stereocenters. The Kier molecular flexibility index (Phi) is 4.99. The average molecular weight is 345 g/mol. The van der Waals surface area contributed by atoms with E-state index in [1.807, 2.05) is 16.3 Å². The number of nitrogens with zero attached hydrogens (tertiary/aromatic N) is 1. The van der Waals surface area contributed by atoms with Crippen molar-refractivity contribution >= 4 is 39.1 Å². The van der Waals surface area contributed by atoms with Crippen LogP contribution in [0, 0.1) is 0 Å².